The standard InChI is InChI=1S/C12H16FN3O.HI/c13-10-2-4-11(5-3-10)17-9-8-16-12-14-6-1-7-15-12;/h2-5H,1,6-9H2,(H2,14,15,16);1H. The van der Waals surface area contributed by atoms with Gasteiger partial charge in [-0.2, -0.15) is 0 Å². The van der Waals surface area contributed by atoms with Crippen LogP contribution < -0.4 is 15.4 Å². The lowest BCUT2D eigenvalue weighted by Gasteiger charge is -2.16. The number of hydrogen-bond acceptors (Lipinski definition) is 4. The third-order valence-electron chi connectivity index (χ3n) is 2.37. The van der Waals surface area contributed by atoms with E-state index in [9.17, 15) is 4.39 Å². The van der Waals surface area contributed by atoms with Gasteiger partial charge in [0.25, 0.3) is 0 Å². The Morgan fingerprint density at radius 3 is 2.78 bits per heavy atom. The molecule has 0 saturated heterocycles. The van der Waals surface area contributed by atoms with Gasteiger partial charge >= 0.3 is 0 Å². The minimum absolute atomic E-state index is 0. The lowest BCUT2D eigenvalue weighted by Crippen LogP contribution is -2.42. The van der Waals surface area contributed by atoms with E-state index in [1.165, 1.54) is 12.1 Å². The lowest BCUT2D eigenvalue weighted by molar-refractivity contribution is 0.321. The van der Waals surface area contributed by atoms with E-state index in [2.05, 4.69) is 15.6 Å². The predicted molar refractivity (Wildman–Crippen MR) is 80.2 cm³/mol. The van der Waals surface area contributed by atoms with Gasteiger partial charge in [0.15, 0.2) is 5.96 Å². The molecule has 0 atom stereocenters. The highest BCUT2D eigenvalue weighted by Gasteiger charge is 2.02. The average Bonchev–Trinajstić information content (AvgIpc) is 2.38. The van der Waals surface area contributed by atoms with Gasteiger partial charge in [-0.25, -0.2) is 4.39 Å². The average molecular weight is 365 g/mol. The van der Waals surface area contributed by atoms with E-state index in [0.29, 0.717) is 18.9 Å². The Labute approximate surface area is 123 Å². The second-order valence-corrected chi connectivity index (χ2v) is 3.74. The topological polar surface area (TPSA) is 45.6 Å². The summed E-state index contributed by atoms with van der Waals surface area (Å²) in [5, 5.41) is 6.30. The van der Waals surface area contributed by atoms with Crippen LogP contribution in [0.4, 0.5) is 4.39 Å². The molecule has 0 bridgehead atoms. The number of halogens is 2. The Hall–Kier alpha value is -1.05. The first-order chi connectivity index (χ1) is 8.34. The summed E-state index contributed by atoms with van der Waals surface area (Å²) in [5.74, 6) is 1.25. The highest BCUT2D eigenvalue weighted by molar-refractivity contribution is 14.0. The second kappa shape index (κ2) is 8.12. The molecule has 0 aliphatic carbocycles. The van der Waals surface area contributed by atoms with Gasteiger partial charge in [-0.3, -0.25) is 4.99 Å². The van der Waals surface area contributed by atoms with Crippen LogP contribution in [-0.2, 0) is 0 Å². The largest absolute Gasteiger partial charge is 0.492 e. The van der Waals surface area contributed by atoms with E-state index >= 15 is 0 Å². The molecule has 0 fully saturated rings. The molecule has 1 aromatic carbocycles. The van der Waals surface area contributed by atoms with Gasteiger partial charge in [0.1, 0.15) is 18.2 Å². The first kappa shape index (κ1) is 15.0. The number of nitrogens with zero attached hydrogens (tertiary/aromatic N) is 1. The Kier molecular flexibility index (Phi) is 6.77. The van der Waals surface area contributed by atoms with Gasteiger partial charge < -0.3 is 15.4 Å². The summed E-state index contributed by atoms with van der Waals surface area (Å²) in [6.45, 7) is 3.02. The number of hydrogen-bond donors (Lipinski definition) is 2. The highest BCUT2D eigenvalue weighted by Crippen LogP contribution is 2.10. The fourth-order valence-corrected chi connectivity index (χ4v) is 1.52. The summed E-state index contributed by atoms with van der Waals surface area (Å²) < 4.78 is 18.1. The van der Waals surface area contributed by atoms with E-state index < -0.39 is 0 Å². The van der Waals surface area contributed by atoms with E-state index in [4.69, 9.17) is 4.74 Å². The second-order valence-electron chi connectivity index (χ2n) is 3.74. The molecule has 0 spiro atoms. The fourth-order valence-electron chi connectivity index (χ4n) is 1.52. The lowest BCUT2D eigenvalue weighted by atomic mass is 10.3. The van der Waals surface area contributed by atoms with Crippen molar-refractivity contribution in [1.82, 2.24) is 10.6 Å². The molecular weight excluding hydrogens is 348 g/mol. The summed E-state index contributed by atoms with van der Waals surface area (Å²) >= 11 is 0. The molecule has 0 radical (unpaired) electrons. The molecule has 6 heteroatoms. The first-order valence-corrected chi connectivity index (χ1v) is 5.75. The van der Waals surface area contributed by atoms with Crippen LogP contribution in [0.2, 0.25) is 0 Å². The summed E-state index contributed by atoms with van der Waals surface area (Å²) in [5.41, 5.74) is 0. The molecule has 1 aliphatic heterocycles. The number of aliphatic imine (C=N–C) groups is 1. The molecule has 1 aromatic rings. The number of nitrogens with one attached hydrogen (secondary N) is 2. The van der Waals surface area contributed by atoms with E-state index in [-0.39, 0.29) is 29.8 Å². The highest BCUT2D eigenvalue weighted by atomic mass is 127. The van der Waals surface area contributed by atoms with Gasteiger partial charge in [0.05, 0.1) is 6.54 Å². The Bertz CT molecular complexity index is 383. The third kappa shape index (κ3) is 5.07. The van der Waals surface area contributed by atoms with Crippen molar-refractivity contribution in [3.05, 3.63) is 30.1 Å². The van der Waals surface area contributed by atoms with E-state index in [1.54, 1.807) is 12.1 Å². The Morgan fingerprint density at radius 1 is 1.33 bits per heavy atom. The maximum absolute atomic E-state index is 12.6. The van der Waals surface area contributed by atoms with Gasteiger partial charge in [-0.1, -0.05) is 0 Å². The maximum atomic E-state index is 12.6. The normalized spacial score (nSPS) is 13.9. The molecular formula is C12H17FIN3O. The van der Waals surface area contributed by atoms with Crippen molar-refractivity contribution >= 4 is 29.9 Å². The zero-order chi connectivity index (χ0) is 11.9. The molecule has 4 nitrogen and oxygen atoms in total. The molecule has 2 rings (SSSR count). The van der Waals surface area contributed by atoms with Crippen molar-refractivity contribution in [2.24, 2.45) is 4.99 Å². The van der Waals surface area contributed by atoms with Gasteiger partial charge in [0, 0.05) is 13.1 Å². The zero-order valence-electron chi connectivity index (χ0n) is 9.99. The fraction of sp³-hybridized carbons (Fsp3) is 0.417. The van der Waals surface area contributed by atoms with Crippen molar-refractivity contribution in [2.75, 3.05) is 26.2 Å². The summed E-state index contributed by atoms with van der Waals surface area (Å²) in [6.07, 6.45) is 1.08. The quantitative estimate of drug-likeness (QED) is 0.632. The van der Waals surface area contributed by atoms with Crippen molar-refractivity contribution in [1.29, 1.82) is 0 Å². The van der Waals surface area contributed by atoms with Crippen LogP contribution in [0.3, 0.4) is 0 Å². The van der Waals surface area contributed by atoms with Crippen LogP contribution in [-0.4, -0.2) is 32.2 Å². The summed E-state index contributed by atoms with van der Waals surface area (Å²) in [6, 6.07) is 6.00. The van der Waals surface area contributed by atoms with Crippen LogP contribution in [0.5, 0.6) is 5.75 Å². The first-order valence-electron chi connectivity index (χ1n) is 5.75. The molecule has 0 amide bonds. The van der Waals surface area contributed by atoms with Crippen molar-refractivity contribution in [3.63, 3.8) is 0 Å². The molecule has 0 saturated carbocycles. The Morgan fingerprint density at radius 2 is 2.11 bits per heavy atom. The molecule has 0 unspecified atom stereocenters. The minimum atomic E-state index is -0.253. The van der Waals surface area contributed by atoms with Crippen LogP contribution in [0.25, 0.3) is 0 Å². The minimum Gasteiger partial charge on any atom is -0.492 e. The van der Waals surface area contributed by atoms with Crippen molar-refractivity contribution < 1.29 is 9.13 Å². The zero-order valence-corrected chi connectivity index (χ0v) is 12.3. The van der Waals surface area contributed by atoms with Gasteiger partial charge in [-0.15, -0.1) is 24.0 Å². The van der Waals surface area contributed by atoms with Gasteiger partial charge in [-0.05, 0) is 30.7 Å². The van der Waals surface area contributed by atoms with Crippen LogP contribution in [0.1, 0.15) is 6.42 Å². The monoisotopic (exact) mass is 365 g/mol. The molecule has 2 N–H and O–H groups in total. The van der Waals surface area contributed by atoms with Crippen LogP contribution in [0, 0.1) is 5.82 Å². The van der Waals surface area contributed by atoms with Gasteiger partial charge in [0.2, 0.25) is 0 Å². The van der Waals surface area contributed by atoms with Crippen LogP contribution >= 0.6 is 24.0 Å². The SMILES string of the molecule is Fc1ccc(OCCNC2=NCCCN2)cc1.I. The molecule has 1 heterocycles. The molecule has 0 aromatic heterocycles. The van der Waals surface area contributed by atoms with E-state index in [1.807, 2.05) is 0 Å². The van der Waals surface area contributed by atoms with E-state index in [0.717, 1.165) is 25.5 Å². The number of guanidine groups is 1. The number of ether oxygens (including phenoxy) is 1. The molecule has 18 heavy (non-hydrogen) atoms. The Balaban J connectivity index is 0.00000162. The summed E-state index contributed by atoms with van der Waals surface area (Å²) in [4.78, 5) is 4.27. The van der Waals surface area contributed by atoms with Crippen LogP contribution in [0.15, 0.2) is 29.3 Å². The van der Waals surface area contributed by atoms with Crippen molar-refractivity contribution in [3.8, 4) is 5.75 Å². The predicted octanol–water partition coefficient (Wildman–Crippen LogP) is 1.76. The maximum Gasteiger partial charge on any atom is 0.191 e. The summed E-state index contributed by atoms with van der Waals surface area (Å²) in [7, 11) is 0. The molecule has 1 aliphatic rings. The number of benzene rings is 1. The number of rotatable bonds is 4. The van der Waals surface area contributed by atoms with Crippen molar-refractivity contribution in [2.45, 2.75) is 6.42 Å². The smallest absolute Gasteiger partial charge is 0.191 e. The molecule has 100 valence electrons. The third-order valence-corrected chi connectivity index (χ3v) is 2.37.